The number of ketones is 1. The largest absolute Gasteiger partial charge is 0.507 e. The zero-order valence-corrected chi connectivity index (χ0v) is 20.0. The number of nitrogens with zero attached hydrogens (tertiary/aromatic N) is 1. The first-order valence-electron chi connectivity index (χ1n) is 10.7. The van der Waals surface area contributed by atoms with Gasteiger partial charge in [-0.2, -0.15) is 0 Å². The number of fused-ring (bicyclic) bond motifs is 1. The van der Waals surface area contributed by atoms with E-state index in [0.717, 1.165) is 0 Å². The van der Waals surface area contributed by atoms with Gasteiger partial charge in [0.05, 0.1) is 18.7 Å². The highest BCUT2D eigenvalue weighted by Gasteiger charge is 2.30. The number of amides is 2. The minimum atomic E-state index is -0.543. The van der Waals surface area contributed by atoms with Crippen molar-refractivity contribution in [3.05, 3.63) is 58.1 Å². The van der Waals surface area contributed by atoms with Crippen LogP contribution in [0.4, 0.5) is 0 Å². The summed E-state index contributed by atoms with van der Waals surface area (Å²) in [5, 5.41) is 10.5. The van der Waals surface area contributed by atoms with Crippen molar-refractivity contribution in [2.75, 3.05) is 19.8 Å². The molecule has 1 aliphatic heterocycles. The van der Waals surface area contributed by atoms with E-state index in [1.165, 1.54) is 23.1 Å². The molecule has 0 bridgehead atoms. The van der Waals surface area contributed by atoms with Crippen LogP contribution in [0.25, 0.3) is 0 Å². The molecule has 0 saturated heterocycles. The molecule has 1 heterocycles. The van der Waals surface area contributed by atoms with Gasteiger partial charge in [-0.3, -0.25) is 19.1 Å². The second kappa shape index (κ2) is 10.6. The van der Waals surface area contributed by atoms with Crippen LogP contribution in [-0.4, -0.2) is 53.3 Å². The fourth-order valence-corrected chi connectivity index (χ4v) is 3.83. The number of ether oxygens (including phenoxy) is 2. The van der Waals surface area contributed by atoms with E-state index >= 15 is 0 Å². The van der Waals surface area contributed by atoms with Crippen molar-refractivity contribution in [2.45, 2.75) is 33.2 Å². The van der Waals surface area contributed by atoms with Crippen LogP contribution < -0.4 is 9.46 Å². The number of esters is 1. The van der Waals surface area contributed by atoms with Crippen molar-refractivity contribution in [3.63, 3.8) is 0 Å². The third-order valence-electron chi connectivity index (χ3n) is 5.38. The van der Waals surface area contributed by atoms with Crippen molar-refractivity contribution in [2.24, 2.45) is 0 Å². The maximum atomic E-state index is 13.0. The van der Waals surface area contributed by atoms with Crippen molar-refractivity contribution in [1.29, 1.82) is 0 Å². The lowest BCUT2D eigenvalue weighted by atomic mass is 9.97. The van der Waals surface area contributed by atoms with Crippen molar-refractivity contribution >= 4 is 36.4 Å². The van der Waals surface area contributed by atoms with Gasteiger partial charge >= 0.3 is 5.97 Å². The van der Waals surface area contributed by atoms with Crippen LogP contribution >= 0.6 is 12.8 Å². The number of rotatable bonds is 9. The number of benzene rings is 2. The van der Waals surface area contributed by atoms with E-state index in [1.54, 1.807) is 19.1 Å². The normalized spacial score (nSPS) is 12.5. The molecule has 2 aromatic rings. The molecule has 2 aromatic carbocycles. The molecule has 0 unspecified atom stereocenters. The van der Waals surface area contributed by atoms with Crippen molar-refractivity contribution in [3.8, 4) is 11.5 Å². The Morgan fingerprint density at radius 1 is 1.21 bits per heavy atom. The Bertz CT molecular complexity index is 1150. The molecule has 0 aromatic heterocycles. The zero-order chi connectivity index (χ0) is 25.0. The Labute approximate surface area is 202 Å². The van der Waals surface area contributed by atoms with Crippen molar-refractivity contribution in [1.82, 2.24) is 9.62 Å². The molecule has 0 radical (unpaired) electrons. The Morgan fingerprint density at radius 2 is 1.94 bits per heavy atom. The fraction of sp³-hybridized carbons (Fsp3) is 0.333. The molecule has 0 aliphatic carbocycles. The molecule has 2 amide bonds. The first-order chi connectivity index (χ1) is 16.2. The molecule has 9 nitrogen and oxygen atoms in total. The van der Waals surface area contributed by atoms with Crippen LogP contribution in [0.2, 0.25) is 0 Å². The lowest BCUT2D eigenvalue weighted by molar-refractivity contribution is -0.145. The van der Waals surface area contributed by atoms with Gasteiger partial charge in [-0.15, -0.1) is 0 Å². The molecule has 0 atom stereocenters. The van der Waals surface area contributed by atoms with Gasteiger partial charge in [0.15, 0.2) is 12.4 Å². The van der Waals surface area contributed by atoms with E-state index < -0.39 is 17.7 Å². The topological polar surface area (TPSA) is 122 Å². The first kappa shape index (κ1) is 25.1. The molecule has 0 spiro atoms. The Hall–Kier alpha value is -3.53. The van der Waals surface area contributed by atoms with E-state index in [4.69, 9.17) is 9.47 Å². The van der Waals surface area contributed by atoms with E-state index in [0.29, 0.717) is 22.3 Å². The average molecular weight is 487 g/mol. The zero-order valence-electron chi connectivity index (χ0n) is 19.1. The van der Waals surface area contributed by atoms with Crippen LogP contribution in [0.1, 0.15) is 68.9 Å². The van der Waals surface area contributed by atoms with Gasteiger partial charge in [-0.05, 0) is 48.2 Å². The van der Waals surface area contributed by atoms with Gasteiger partial charge in [0.2, 0.25) is 0 Å². The highest BCUT2D eigenvalue weighted by atomic mass is 32.1. The quantitative estimate of drug-likeness (QED) is 0.283. The molecule has 2 N–H and O–H groups in total. The number of hydrogen-bond donors (Lipinski definition) is 3. The summed E-state index contributed by atoms with van der Waals surface area (Å²) in [6.45, 7) is 5.26. The predicted molar refractivity (Wildman–Crippen MR) is 126 cm³/mol. The Balaban J connectivity index is 1.79. The van der Waals surface area contributed by atoms with E-state index in [9.17, 15) is 24.3 Å². The van der Waals surface area contributed by atoms with Gasteiger partial charge in [0.1, 0.15) is 11.5 Å². The maximum Gasteiger partial charge on any atom is 0.344 e. The predicted octanol–water partition coefficient (Wildman–Crippen LogP) is 2.87. The molecule has 0 fully saturated rings. The number of carbonyl (C=O) groups excluding carboxylic acids is 4. The number of Topliss-reactive ketones (excluding diaryl/α,β-unsaturated/α-hetero) is 1. The van der Waals surface area contributed by atoms with Crippen LogP contribution in [0.15, 0.2) is 30.3 Å². The van der Waals surface area contributed by atoms with Gasteiger partial charge in [-0.1, -0.05) is 26.7 Å². The maximum absolute atomic E-state index is 13.0. The van der Waals surface area contributed by atoms with Gasteiger partial charge < -0.3 is 19.5 Å². The summed E-state index contributed by atoms with van der Waals surface area (Å²) in [4.78, 5) is 50.6. The molecule has 34 heavy (non-hydrogen) atoms. The number of nitrogens with one attached hydrogen (secondary N) is 1. The van der Waals surface area contributed by atoms with Crippen LogP contribution in [-0.2, 0) is 16.1 Å². The highest BCUT2D eigenvalue weighted by molar-refractivity contribution is 7.78. The van der Waals surface area contributed by atoms with Gasteiger partial charge in [-0.25, -0.2) is 4.79 Å². The lowest BCUT2D eigenvalue weighted by Crippen LogP contribution is -2.30. The SMILES string of the molecule is CCOC(=O)COc1cc(O)c(C(=O)CN2Cc3cc(C(=O)NS)ccc3C2=O)cc1C(C)C. The van der Waals surface area contributed by atoms with Crippen LogP contribution in [0.5, 0.6) is 11.5 Å². The summed E-state index contributed by atoms with van der Waals surface area (Å²) in [6.07, 6.45) is 0. The lowest BCUT2D eigenvalue weighted by Gasteiger charge is -2.18. The highest BCUT2D eigenvalue weighted by Crippen LogP contribution is 2.34. The molecule has 0 saturated carbocycles. The van der Waals surface area contributed by atoms with Crippen LogP contribution in [0, 0.1) is 0 Å². The van der Waals surface area contributed by atoms with E-state index in [1.807, 2.05) is 13.8 Å². The second-order valence-electron chi connectivity index (χ2n) is 8.05. The average Bonchev–Trinajstić information content (AvgIpc) is 3.11. The molecular weight excluding hydrogens is 460 g/mol. The minimum Gasteiger partial charge on any atom is -0.507 e. The molecule has 180 valence electrons. The first-order valence-corrected chi connectivity index (χ1v) is 11.2. The van der Waals surface area contributed by atoms with Crippen molar-refractivity contribution < 1.29 is 33.8 Å². The second-order valence-corrected chi connectivity index (χ2v) is 8.28. The monoisotopic (exact) mass is 486 g/mol. The smallest absolute Gasteiger partial charge is 0.344 e. The van der Waals surface area contributed by atoms with E-state index in [-0.39, 0.29) is 55.2 Å². The molecular formula is C24H26N2O7S. The van der Waals surface area contributed by atoms with Gasteiger partial charge in [0.25, 0.3) is 11.8 Å². The minimum absolute atomic E-state index is 0.0473. The Morgan fingerprint density at radius 3 is 2.59 bits per heavy atom. The third-order valence-corrected chi connectivity index (χ3v) is 5.59. The third kappa shape index (κ3) is 5.33. The number of hydrogen-bond acceptors (Lipinski definition) is 8. The summed E-state index contributed by atoms with van der Waals surface area (Å²) < 4.78 is 12.6. The summed E-state index contributed by atoms with van der Waals surface area (Å²) in [5.74, 6) is -1.84. The van der Waals surface area contributed by atoms with Gasteiger partial charge in [0, 0.05) is 23.7 Å². The molecule has 3 rings (SSSR count). The van der Waals surface area contributed by atoms with Crippen LogP contribution in [0.3, 0.4) is 0 Å². The number of phenolic OH excluding ortho intramolecular Hbond substituents is 1. The summed E-state index contributed by atoms with van der Waals surface area (Å²) >= 11 is 3.75. The van der Waals surface area contributed by atoms with E-state index in [2.05, 4.69) is 17.5 Å². The summed E-state index contributed by atoms with van der Waals surface area (Å²) in [5.41, 5.74) is 2.07. The summed E-state index contributed by atoms with van der Waals surface area (Å²) in [6, 6.07) is 7.47. The number of phenols is 1. The standard InChI is InChI=1S/C24H26N2O7S/c1-4-32-22(29)12-33-21-9-19(27)18(8-17(21)13(2)3)20(28)11-26-10-15-7-14(23(30)25-34)5-6-16(15)24(26)31/h5-9,13,27,34H,4,10-12H2,1-3H3,(H,25,30). The summed E-state index contributed by atoms with van der Waals surface area (Å²) in [7, 11) is 0. The number of aromatic hydroxyl groups is 1. The molecule has 1 aliphatic rings. The number of thiol groups is 1. The molecule has 10 heteroatoms. The fourth-order valence-electron chi connectivity index (χ4n) is 3.70. The Kier molecular flexibility index (Phi) is 7.83. The number of carbonyl (C=O) groups is 4.